The number of rotatable bonds is 10. The number of halogens is 5. The molecule has 4 nitrogen and oxygen atoms in total. The van der Waals surface area contributed by atoms with E-state index in [0.29, 0.717) is 22.4 Å². The van der Waals surface area contributed by atoms with Crippen LogP contribution < -0.4 is 4.74 Å². The van der Waals surface area contributed by atoms with E-state index >= 15 is 0 Å². The predicted molar refractivity (Wildman–Crippen MR) is 145 cm³/mol. The normalized spacial score (nSPS) is 12.4. The van der Waals surface area contributed by atoms with E-state index in [-0.39, 0.29) is 28.0 Å². The molecule has 3 rings (SSSR count). The molecule has 1 aromatic heterocycles. The topological polar surface area (TPSA) is 63.6 Å². The van der Waals surface area contributed by atoms with Crippen molar-refractivity contribution in [2.45, 2.75) is 64.1 Å². The average Bonchev–Trinajstić information content (AvgIpc) is 3.30. The first kappa shape index (κ1) is 30.0. The number of ether oxygens (including phenoxy) is 1. The SMILES string of the molecule is CC(C)(Oc1ccc(CCC(=O)c2ccc(-c3ccc(C(C)(C)CC(F)(F)F)cc3)s2)c(Cl)c1Cl)C(=O)O. The number of hydrogen-bond donors (Lipinski definition) is 1. The van der Waals surface area contributed by atoms with Crippen LogP contribution in [0.15, 0.2) is 48.5 Å². The van der Waals surface area contributed by atoms with Crippen molar-refractivity contribution in [3.05, 3.63) is 74.6 Å². The van der Waals surface area contributed by atoms with E-state index < -0.39 is 29.6 Å². The van der Waals surface area contributed by atoms with E-state index in [1.165, 1.54) is 31.3 Å². The van der Waals surface area contributed by atoms with Gasteiger partial charge in [-0.3, -0.25) is 4.79 Å². The number of hydrogen-bond acceptors (Lipinski definition) is 4. The highest BCUT2D eigenvalue weighted by molar-refractivity contribution is 7.17. The minimum Gasteiger partial charge on any atom is -0.478 e. The van der Waals surface area contributed by atoms with Gasteiger partial charge < -0.3 is 9.84 Å². The Morgan fingerprint density at radius 3 is 2.13 bits per heavy atom. The Labute approximate surface area is 233 Å². The van der Waals surface area contributed by atoms with Gasteiger partial charge in [-0.1, -0.05) is 67.4 Å². The van der Waals surface area contributed by atoms with Crippen LogP contribution in [-0.4, -0.2) is 28.6 Å². The van der Waals surface area contributed by atoms with Gasteiger partial charge in [-0.2, -0.15) is 13.2 Å². The smallest absolute Gasteiger partial charge is 0.389 e. The molecule has 10 heteroatoms. The molecule has 38 heavy (non-hydrogen) atoms. The largest absolute Gasteiger partial charge is 0.478 e. The molecule has 0 amide bonds. The molecule has 0 saturated heterocycles. The van der Waals surface area contributed by atoms with Crippen LogP contribution in [0.2, 0.25) is 10.0 Å². The zero-order valence-electron chi connectivity index (χ0n) is 21.2. The zero-order valence-corrected chi connectivity index (χ0v) is 23.5. The number of aliphatic carboxylic acids is 1. The van der Waals surface area contributed by atoms with Gasteiger partial charge in [-0.15, -0.1) is 11.3 Å². The molecule has 0 unspecified atom stereocenters. The third-order valence-corrected chi connectivity index (χ3v) is 8.18. The quantitative estimate of drug-likeness (QED) is 0.241. The Kier molecular flexibility index (Phi) is 8.91. The lowest BCUT2D eigenvalue weighted by Crippen LogP contribution is -2.38. The van der Waals surface area contributed by atoms with Crippen molar-refractivity contribution >= 4 is 46.3 Å². The summed E-state index contributed by atoms with van der Waals surface area (Å²) in [7, 11) is 0. The number of Topliss-reactive ketones (excluding diaryl/α,β-unsaturated/α-hetero) is 1. The van der Waals surface area contributed by atoms with Gasteiger partial charge in [0.2, 0.25) is 0 Å². The molecule has 0 bridgehead atoms. The molecule has 0 aliphatic carbocycles. The van der Waals surface area contributed by atoms with E-state index in [2.05, 4.69) is 0 Å². The summed E-state index contributed by atoms with van der Waals surface area (Å²) >= 11 is 14.0. The number of thiophene rings is 1. The van der Waals surface area contributed by atoms with Gasteiger partial charge in [-0.25, -0.2) is 4.79 Å². The molecule has 0 aliphatic rings. The minimum atomic E-state index is -4.26. The summed E-state index contributed by atoms with van der Waals surface area (Å²) in [5.74, 6) is -1.12. The Balaban J connectivity index is 1.67. The number of ketones is 1. The monoisotopic (exact) mass is 586 g/mol. The zero-order chi connectivity index (χ0) is 28.5. The molecule has 3 aromatic rings. The molecule has 0 fully saturated rings. The van der Waals surface area contributed by atoms with Crippen LogP contribution in [-0.2, 0) is 16.6 Å². The van der Waals surface area contributed by atoms with Crippen LogP contribution in [0.5, 0.6) is 5.75 Å². The molecule has 1 heterocycles. The van der Waals surface area contributed by atoms with Gasteiger partial charge in [0.05, 0.1) is 16.3 Å². The van der Waals surface area contributed by atoms with E-state index in [1.807, 2.05) is 6.07 Å². The van der Waals surface area contributed by atoms with Crippen LogP contribution >= 0.6 is 34.5 Å². The summed E-state index contributed by atoms with van der Waals surface area (Å²) < 4.78 is 44.2. The van der Waals surface area contributed by atoms with Gasteiger partial charge in [0.1, 0.15) is 10.8 Å². The standard InChI is InChI=1S/C28H27Cl2F3O4S/c1-26(2,15-28(31,32)33)18-9-5-16(6-10-18)21-13-14-22(38-21)19(34)11-7-17-8-12-20(24(30)23(17)29)37-27(3,4)25(35)36/h5-6,8-10,12-14H,7,11,15H2,1-4H3,(H,35,36). The van der Waals surface area contributed by atoms with Gasteiger partial charge >= 0.3 is 12.1 Å². The Hall–Kier alpha value is -2.55. The molecule has 0 aliphatic heterocycles. The fraction of sp³-hybridized carbons (Fsp3) is 0.357. The molecule has 2 aromatic carbocycles. The molecule has 0 atom stereocenters. The number of benzene rings is 2. The van der Waals surface area contributed by atoms with Crippen LogP contribution in [0.1, 0.15) is 61.3 Å². The first-order chi connectivity index (χ1) is 17.5. The average molecular weight is 587 g/mol. The van der Waals surface area contributed by atoms with Crippen molar-refractivity contribution in [3.63, 3.8) is 0 Å². The fourth-order valence-electron chi connectivity index (χ4n) is 3.87. The number of carboxylic acids is 1. The molecular weight excluding hydrogens is 560 g/mol. The highest BCUT2D eigenvalue weighted by atomic mass is 35.5. The van der Waals surface area contributed by atoms with E-state index in [1.54, 1.807) is 50.2 Å². The maximum absolute atomic E-state index is 12.9. The van der Waals surface area contributed by atoms with Gasteiger partial charge in [0.15, 0.2) is 11.4 Å². The maximum Gasteiger partial charge on any atom is 0.389 e. The minimum absolute atomic E-state index is 0.0752. The number of alkyl halides is 3. The number of carboxylic acid groups (broad SMARTS) is 1. The summed E-state index contributed by atoms with van der Waals surface area (Å²) in [5, 5.41) is 9.52. The van der Waals surface area contributed by atoms with Crippen LogP contribution in [0.25, 0.3) is 10.4 Å². The summed E-state index contributed by atoms with van der Waals surface area (Å²) in [6.07, 6.45) is -4.69. The predicted octanol–water partition coefficient (Wildman–Crippen LogP) is 9.01. The summed E-state index contributed by atoms with van der Waals surface area (Å²) in [5.41, 5.74) is -0.519. The molecule has 0 spiro atoms. The molecule has 1 N–H and O–H groups in total. The summed E-state index contributed by atoms with van der Waals surface area (Å²) in [6.45, 7) is 5.91. The summed E-state index contributed by atoms with van der Waals surface area (Å²) in [6, 6.07) is 13.6. The number of carbonyl (C=O) groups excluding carboxylic acids is 1. The van der Waals surface area contributed by atoms with Gasteiger partial charge in [-0.05, 0) is 60.6 Å². The van der Waals surface area contributed by atoms with Gasteiger partial charge in [0.25, 0.3) is 0 Å². The van der Waals surface area contributed by atoms with Crippen molar-refractivity contribution in [3.8, 4) is 16.2 Å². The lowest BCUT2D eigenvalue weighted by molar-refractivity contribution is -0.152. The Bertz CT molecular complexity index is 1330. The summed E-state index contributed by atoms with van der Waals surface area (Å²) in [4.78, 5) is 25.5. The molecule has 204 valence electrons. The van der Waals surface area contributed by atoms with Crippen molar-refractivity contribution < 1.29 is 32.6 Å². The second kappa shape index (κ2) is 11.3. The van der Waals surface area contributed by atoms with Crippen molar-refractivity contribution in [1.82, 2.24) is 0 Å². The molecular formula is C28H27Cl2F3O4S. The highest BCUT2D eigenvalue weighted by Gasteiger charge is 2.37. The third-order valence-electron chi connectivity index (χ3n) is 6.10. The lowest BCUT2D eigenvalue weighted by Gasteiger charge is -2.26. The van der Waals surface area contributed by atoms with Crippen LogP contribution in [0.3, 0.4) is 0 Å². The van der Waals surface area contributed by atoms with Crippen molar-refractivity contribution in [1.29, 1.82) is 0 Å². The fourth-order valence-corrected chi connectivity index (χ4v) is 5.32. The number of carbonyl (C=O) groups is 2. The number of aryl methyl sites for hydroxylation is 1. The second-order valence-corrected chi connectivity index (χ2v) is 11.9. The van der Waals surface area contributed by atoms with Crippen molar-refractivity contribution in [2.75, 3.05) is 0 Å². The highest BCUT2D eigenvalue weighted by Crippen LogP contribution is 2.39. The third kappa shape index (κ3) is 7.30. The van der Waals surface area contributed by atoms with Gasteiger partial charge in [0, 0.05) is 11.3 Å². The molecule has 0 saturated carbocycles. The second-order valence-electron chi connectivity index (χ2n) is 10.1. The van der Waals surface area contributed by atoms with E-state index in [0.717, 1.165) is 10.4 Å². The van der Waals surface area contributed by atoms with Crippen LogP contribution in [0, 0.1) is 0 Å². The first-order valence-electron chi connectivity index (χ1n) is 11.7. The van der Waals surface area contributed by atoms with E-state index in [4.69, 9.17) is 27.9 Å². The lowest BCUT2D eigenvalue weighted by atomic mass is 9.81. The first-order valence-corrected chi connectivity index (χ1v) is 13.3. The van der Waals surface area contributed by atoms with Crippen LogP contribution in [0.4, 0.5) is 13.2 Å². The van der Waals surface area contributed by atoms with E-state index in [9.17, 15) is 27.9 Å². The Morgan fingerprint density at radius 1 is 0.921 bits per heavy atom. The Morgan fingerprint density at radius 2 is 1.55 bits per heavy atom. The van der Waals surface area contributed by atoms with Crippen molar-refractivity contribution in [2.24, 2.45) is 0 Å². The maximum atomic E-state index is 12.9. The molecule has 0 radical (unpaired) electrons.